The van der Waals surface area contributed by atoms with Crippen molar-refractivity contribution < 1.29 is 4.79 Å². The smallest absolute Gasteiger partial charge is 0.219 e. The summed E-state index contributed by atoms with van der Waals surface area (Å²) in [6, 6.07) is 21.0. The molecule has 3 rings (SSSR count). The minimum atomic E-state index is 0.203. The lowest BCUT2D eigenvalue weighted by atomic mass is 10.0. The van der Waals surface area contributed by atoms with Crippen LogP contribution in [0.2, 0.25) is 0 Å². The summed E-state index contributed by atoms with van der Waals surface area (Å²) in [6.45, 7) is 6.06. The molecule has 0 fully saturated rings. The maximum absolute atomic E-state index is 12.0. The van der Waals surface area contributed by atoms with Gasteiger partial charge in [0.1, 0.15) is 0 Å². The molecule has 1 amide bonds. The lowest BCUT2D eigenvalue weighted by Gasteiger charge is -2.11. The quantitative estimate of drug-likeness (QED) is 0.163. The van der Waals surface area contributed by atoms with Crippen molar-refractivity contribution in [3.63, 3.8) is 0 Å². The molecule has 2 aromatic carbocycles. The average Bonchev–Trinajstić information content (AvgIpc) is 3.27. The first-order chi connectivity index (χ1) is 17.2. The number of imidazole rings is 1. The van der Waals surface area contributed by atoms with E-state index in [4.69, 9.17) is 4.98 Å². The molecule has 0 aliphatic rings. The third kappa shape index (κ3) is 8.57. The van der Waals surface area contributed by atoms with Crippen LogP contribution < -0.4 is 5.32 Å². The fraction of sp³-hybridized carbons (Fsp3) is 0.467. The van der Waals surface area contributed by atoms with E-state index in [1.165, 1.54) is 43.4 Å². The molecular weight excluding hydrogens is 450 g/mol. The third-order valence-corrected chi connectivity index (χ3v) is 7.29. The van der Waals surface area contributed by atoms with Crippen LogP contribution in [0.1, 0.15) is 71.6 Å². The van der Waals surface area contributed by atoms with E-state index in [0.29, 0.717) is 6.42 Å². The minimum absolute atomic E-state index is 0.203. The molecule has 0 aliphatic heterocycles. The predicted molar refractivity (Wildman–Crippen MR) is 150 cm³/mol. The summed E-state index contributed by atoms with van der Waals surface area (Å²) >= 11 is 1.82. The van der Waals surface area contributed by atoms with Crippen LogP contribution in [0.5, 0.6) is 0 Å². The van der Waals surface area contributed by atoms with Gasteiger partial charge in [-0.2, -0.15) is 0 Å². The Morgan fingerprint density at radius 1 is 0.829 bits per heavy atom. The van der Waals surface area contributed by atoms with Crippen LogP contribution in [-0.2, 0) is 11.3 Å². The van der Waals surface area contributed by atoms with E-state index in [0.717, 1.165) is 54.5 Å². The fourth-order valence-electron chi connectivity index (χ4n) is 4.29. The van der Waals surface area contributed by atoms with Crippen LogP contribution in [0.15, 0.2) is 65.8 Å². The van der Waals surface area contributed by atoms with Crippen LogP contribution in [0.3, 0.4) is 0 Å². The van der Waals surface area contributed by atoms with E-state index in [1.54, 1.807) is 0 Å². The molecule has 4 nitrogen and oxygen atoms in total. The molecule has 35 heavy (non-hydrogen) atoms. The molecule has 1 aromatic heterocycles. The third-order valence-electron chi connectivity index (χ3n) is 6.23. The Hall–Kier alpha value is -2.53. The van der Waals surface area contributed by atoms with E-state index in [9.17, 15) is 4.79 Å². The predicted octanol–water partition coefficient (Wildman–Crippen LogP) is 7.98. The zero-order valence-electron chi connectivity index (χ0n) is 21.5. The Bertz CT molecular complexity index is 1000. The molecular formula is C30H41N3OS. The Labute approximate surface area is 215 Å². The SMILES string of the molecule is CCCCCCCCC(=O)NCCCCSc1nc(-c2ccccc2)c(-c2ccccc2)n1CC. The van der Waals surface area contributed by atoms with Gasteiger partial charge in [-0.05, 0) is 26.2 Å². The summed E-state index contributed by atoms with van der Waals surface area (Å²) in [5.74, 6) is 1.20. The molecule has 0 radical (unpaired) electrons. The molecule has 0 bridgehead atoms. The maximum Gasteiger partial charge on any atom is 0.219 e. The van der Waals surface area contributed by atoms with E-state index in [-0.39, 0.29) is 5.91 Å². The summed E-state index contributed by atoms with van der Waals surface area (Å²) in [4.78, 5) is 17.1. The molecule has 3 aromatic rings. The van der Waals surface area contributed by atoms with Crippen LogP contribution in [0, 0.1) is 0 Å². The second kappa shape index (κ2) is 15.5. The highest BCUT2D eigenvalue weighted by molar-refractivity contribution is 7.99. The standard InChI is InChI=1S/C30H41N3OS/c1-3-5-6-7-8-15-22-27(34)31-23-16-17-24-35-30-32-28(25-18-11-9-12-19-25)29(33(30)4-2)26-20-13-10-14-21-26/h9-14,18-21H,3-8,15-17,22-24H2,1-2H3,(H,31,34). The number of hydrogen-bond acceptors (Lipinski definition) is 3. The summed E-state index contributed by atoms with van der Waals surface area (Å²) in [5.41, 5.74) is 4.57. The maximum atomic E-state index is 12.0. The number of benzene rings is 2. The summed E-state index contributed by atoms with van der Waals surface area (Å²) in [5, 5.41) is 4.16. The van der Waals surface area contributed by atoms with E-state index >= 15 is 0 Å². The number of nitrogens with one attached hydrogen (secondary N) is 1. The van der Waals surface area contributed by atoms with Gasteiger partial charge in [0.25, 0.3) is 0 Å². The molecule has 5 heteroatoms. The summed E-state index contributed by atoms with van der Waals surface area (Å²) in [6.07, 6.45) is 10.0. The second-order valence-electron chi connectivity index (χ2n) is 8.99. The number of hydrogen-bond donors (Lipinski definition) is 1. The Morgan fingerprint density at radius 3 is 2.17 bits per heavy atom. The molecule has 0 saturated carbocycles. The van der Waals surface area contributed by atoms with Gasteiger partial charge in [0.2, 0.25) is 5.91 Å². The zero-order chi connectivity index (χ0) is 24.7. The highest BCUT2D eigenvalue weighted by atomic mass is 32.2. The molecule has 1 N–H and O–H groups in total. The number of carbonyl (C=O) groups is 1. The van der Waals surface area contributed by atoms with Crippen molar-refractivity contribution in [3.05, 3.63) is 60.7 Å². The molecule has 0 aliphatic carbocycles. The number of nitrogens with zero attached hydrogens (tertiary/aromatic N) is 2. The molecule has 0 unspecified atom stereocenters. The lowest BCUT2D eigenvalue weighted by molar-refractivity contribution is -0.121. The summed E-state index contributed by atoms with van der Waals surface area (Å²) < 4.78 is 2.34. The van der Waals surface area contributed by atoms with E-state index in [2.05, 4.69) is 78.3 Å². The number of amides is 1. The Kier molecular flexibility index (Phi) is 12.0. The Balaban J connectivity index is 1.50. The van der Waals surface area contributed by atoms with Gasteiger partial charge in [0.15, 0.2) is 5.16 Å². The number of unbranched alkanes of at least 4 members (excludes halogenated alkanes) is 6. The van der Waals surface area contributed by atoms with Gasteiger partial charge in [-0.15, -0.1) is 0 Å². The van der Waals surface area contributed by atoms with Crippen molar-refractivity contribution in [2.75, 3.05) is 12.3 Å². The van der Waals surface area contributed by atoms with Gasteiger partial charge in [-0.1, -0.05) is 111 Å². The number of rotatable bonds is 16. The van der Waals surface area contributed by atoms with Gasteiger partial charge < -0.3 is 9.88 Å². The highest BCUT2D eigenvalue weighted by Crippen LogP contribution is 2.36. The van der Waals surface area contributed by atoms with Gasteiger partial charge in [0.05, 0.1) is 11.4 Å². The van der Waals surface area contributed by atoms with Crippen molar-refractivity contribution in [1.29, 1.82) is 0 Å². The molecule has 1 heterocycles. The zero-order valence-corrected chi connectivity index (χ0v) is 22.3. The number of aromatic nitrogens is 2. The topological polar surface area (TPSA) is 46.9 Å². The number of carbonyl (C=O) groups excluding carboxylic acids is 1. The molecule has 0 atom stereocenters. The van der Waals surface area contributed by atoms with Crippen molar-refractivity contribution in [3.8, 4) is 22.5 Å². The van der Waals surface area contributed by atoms with E-state index in [1.807, 2.05) is 17.8 Å². The van der Waals surface area contributed by atoms with Crippen LogP contribution in [-0.4, -0.2) is 27.8 Å². The second-order valence-corrected chi connectivity index (χ2v) is 10.1. The normalized spacial score (nSPS) is 11.0. The van der Waals surface area contributed by atoms with Crippen LogP contribution in [0.4, 0.5) is 0 Å². The highest BCUT2D eigenvalue weighted by Gasteiger charge is 2.19. The fourth-order valence-corrected chi connectivity index (χ4v) is 5.36. The van der Waals surface area contributed by atoms with Gasteiger partial charge >= 0.3 is 0 Å². The van der Waals surface area contributed by atoms with E-state index < -0.39 is 0 Å². The molecule has 0 spiro atoms. The largest absolute Gasteiger partial charge is 0.356 e. The first-order valence-electron chi connectivity index (χ1n) is 13.4. The Morgan fingerprint density at radius 2 is 1.49 bits per heavy atom. The van der Waals surface area contributed by atoms with Gasteiger partial charge in [0, 0.05) is 36.4 Å². The van der Waals surface area contributed by atoms with Crippen LogP contribution in [0.25, 0.3) is 22.5 Å². The lowest BCUT2D eigenvalue weighted by Crippen LogP contribution is -2.24. The van der Waals surface area contributed by atoms with Crippen molar-refractivity contribution in [2.24, 2.45) is 0 Å². The van der Waals surface area contributed by atoms with Gasteiger partial charge in [-0.3, -0.25) is 4.79 Å². The van der Waals surface area contributed by atoms with Crippen molar-refractivity contribution >= 4 is 17.7 Å². The number of thioether (sulfide) groups is 1. The first kappa shape index (κ1) is 27.1. The van der Waals surface area contributed by atoms with Gasteiger partial charge in [-0.25, -0.2) is 4.98 Å². The minimum Gasteiger partial charge on any atom is -0.356 e. The first-order valence-corrected chi connectivity index (χ1v) is 14.3. The van der Waals surface area contributed by atoms with Crippen molar-refractivity contribution in [2.45, 2.75) is 83.3 Å². The average molecular weight is 492 g/mol. The summed E-state index contributed by atoms with van der Waals surface area (Å²) in [7, 11) is 0. The molecule has 0 saturated heterocycles. The van der Waals surface area contributed by atoms with Crippen LogP contribution >= 0.6 is 11.8 Å². The molecule has 188 valence electrons. The van der Waals surface area contributed by atoms with Crippen molar-refractivity contribution in [1.82, 2.24) is 14.9 Å². The monoisotopic (exact) mass is 491 g/mol.